The second kappa shape index (κ2) is 6.21. The van der Waals surface area contributed by atoms with Gasteiger partial charge in [-0.15, -0.1) is 0 Å². The SMILES string of the molecule is CC(O)CNCc1cc(I)cc(I)c1O. The first-order valence-electron chi connectivity index (χ1n) is 4.56. The number of aromatic hydroxyl groups is 1. The third-order valence-electron chi connectivity index (χ3n) is 1.86. The number of halogens is 2. The van der Waals surface area contributed by atoms with Crippen LogP contribution >= 0.6 is 45.2 Å². The summed E-state index contributed by atoms with van der Waals surface area (Å²) in [5.74, 6) is 0.328. The Labute approximate surface area is 117 Å². The van der Waals surface area contributed by atoms with Crippen LogP contribution in [0.2, 0.25) is 0 Å². The summed E-state index contributed by atoms with van der Waals surface area (Å²) in [7, 11) is 0. The first kappa shape index (κ1) is 13.5. The molecule has 0 aromatic heterocycles. The van der Waals surface area contributed by atoms with Crippen LogP contribution in [0.3, 0.4) is 0 Å². The van der Waals surface area contributed by atoms with Gasteiger partial charge >= 0.3 is 0 Å². The second-order valence-corrected chi connectivity index (χ2v) is 5.78. The molecule has 84 valence electrons. The van der Waals surface area contributed by atoms with Crippen molar-refractivity contribution >= 4 is 45.2 Å². The zero-order valence-corrected chi connectivity index (χ0v) is 12.6. The summed E-state index contributed by atoms with van der Waals surface area (Å²) in [6.07, 6.45) is -0.367. The molecule has 15 heavy (non-hydrogen) atoms. The lowest BCUT2D eigenvalue weighted by molar-refractivity contribution is 0.191. The van der Waals surface area contributed by atoms with Gasteiger partial charge in [0.05, 0.1) is 9.67 Å². The third-order valence-corrected chi connectivity index (χ3v) is 3.31. The number of phenols is 1. The van der Waals surface area contributed by atoms with E-state index in [1.807, 2.05) is 12.1 Å². The first-order valence-corrected chi connectivity index (χ1v) is 6.72. The summed E-state index contributed by atoms with van der Waals surface area (Å²) in [5, 5.41) is 21.9. The van der Waals surface area contributed by atoms with Gasteiger partial charge in [-0.2, -0.15) is 0 Å². The van der Waals surface area contributed by atoms with Gasteiger partial charge in [-0.05, 0) is 64.2 Å². The second-order valence-electron chi connectivity index (χ2n) is 3.38. The largest absolute Gasteiger partial charge is 0.507 e. The van der Waals surface area contributed by atoms with Crippen molar-refractivity contribution in [1.29, 1.82) is 0 Å². The molecular weight excluding hydrogens is 420 g/mol. The van der Waals surface area contributed by atoms with Crippen LogP contribution in [0.25, 0.3) is 0 Å². The number of aliphatic hydroxyl groups excluding tert-OH is 1. The molecule has 0 radical (unpaired) electrons. The van der Waals surface area contributed by atoms with E-state index in [2.05, 4.69) is 50.5 Å². The van der Waals surface area contributed by atoms with Crippen LogP contribution in [-0.2, 0) is 6.54 Å². The highest BCUT2D eigenvalue weighted by Crippen LogP contribution is 2.26. The number of phenolic OH excluding ortho intramolecular Hbond substituents is 1. The number of aliphatic hydroxyl groups is 1. The maximum Gasteiger partial charge on any atom is 0.133 e. The molecule has 3 nitrogen and oxygen atoms in total. The summed E-state index contributed by atoms with van der Waals surface area (Å²) < 4.78 is 1.96. The Bertz CT molecular complexity index is 342. The fraction of sp³-hybridized carbons (Fsp3) is 0.400. The van der Waals surface area contributed by atoms with Crippen molar-refractivity contribution in [2.75, 3.05) is 6.54 Å². The van der Waals surface area contributed by atoms with E-state index in [9.17, 15) is 5.11 Å². The van der Waals surface area contributed by atoms with E-state index in [-0.39, 0.29) is 6.10 Å². The predicted octanol–water partition coefficient (Wildman–Crippen LogP) is 2.07. The van der Waals surface area contributed by atoms with Crippen LogP contribution in [0.1, 0.15) is 12.5 Å². The number of hydrogen-bond donors (Lipinski definition) is 3. The van der Waals surface area contributed by atoms with Gasteiger partial charge in [-0.25, -0.2) is 0 Å². The van der Waals surface area contributed by atoms with Crippen molar-refractivity contribution in [3.05, 3.63) is 24.8 Å². The minimum absolute atomic E-state index is 0.328. The van der Waals surface area contributed by atoms with Gasteiger partial charge in [0.1, 0.15) is 5.75 Å². The molecule has 0 amide bonds. The molecule has 0 saturated carbocycles. The molecular formula is C10H13I2NO2. The quantitative estimate of drug-likeness (QED) is 0.638. The smallest absolute Gasteiger partial charge is 0.133 e. The Kier molecular flexibility index (Phi) is 5.58. The molecule has 3 N–H and O–H groups in total. The van der Waals surface area contributed by atoms with Crippen LogP contribution in [0, 0.1) is 7.14 Å². The van der Waals surface area contributed by atoms with Gasteiger partial charge in [0.25, 0.3) is 0 Å². The molecule has 1 aromatic rings. The fourth-order valence-corrected chi connectivity index (χ4v) is 3.13. The van der Waals surface area contributed by atoms with Crippen molar-refractivity contribution < 1.29 is 10.2 Å². The molecule has 5 heteroatoms. The van der Waals surface area contributed by atoms with E-state index in [1.54, 1.807) is 6.92 Å². The zero-order chi connectivity index (χ0) is 11.4. The molecule has 0 spiro atoms. The van der Waals surface area contributed by atoms with E-state index >= 15 is 0 Å². The summed E-state index contributed by atoms with van der Waals surface area (Å²) in [6, 6.07) is 3.86. The Balaban J connectivity index is 2.68. The molecule has 0 fully saturated rings. The van der Waals surface area contributed by atoms with Crippen molar-refractivity contribution in [3.8, 4) is 5.75 Å². The van der Waals surface area contributed by atoms with Gasteiger partial charge in [-0.1, -0.05) is 0 Å². The Hall–Kier alpha value is 0.400. The molecule has 0 aliphatic rings. The highest BCUT2D eigenvalue weighted by Gasteiger charge is 2.07. The first-order chi connectivity index (χ1) is 7.00. The summed E-state index contributed by atoms with van der Waals surface area (Å²) in [4.78, 5) is 0. The predicted molar refractivity (Wildman–Crippen MR) is 76.9 cm³/mol. The standard InChI is InChI=1S/C10H13I2NO2/c1-6(14)4-13-5-7-2-8(11)3-9(12)10(7)15/h2-3,6,13-15H,4-5H2,1H3. The van der Waals surface area contributed by atoms with Gasteiger partial charge in [0, 0.05) is 22.2 Å². The van der Waals surface area contributed by atoms with Crippen molar-refractivity contribution in [3.63, 3.8) is 0 Å². The van der Waals surface area contributed by atoms with E-state index in [4.69, 9.17) is 5.11 Å². The third kappa shape index (κ3) is 4.41. The number of nitrogens with one attached hydrogen (secondary N) is 1. The monoisotopic (exact) mass is 433 g/mol. The summed E-state index contributed by atoms with van der Waals surface area (Å²) in [6.45, 7) is 2.83. The van der Waals surface area contributed by atoms with Gasteiger partial charge in [-0.3, -0.25) is 0 Å². The number of hydrogen-bond acceptors (Lipinski definition) is 3. The molecule has 0 aliphatic heterocycles. The lowest BCUT2D eigenvalue weighted by atomic mass is 10.2. The molecule has 0 bridgehead atoms. The van der Waals surface area contributed by atoms with Crippen LogP contribution in [-0.4, -0.2) is 22.9 Å². The Morgan fingerprint density at radius 2 is 2.07 bits per heavy atom. The molecule has 1 rings (SSSR count). The van der Waals surface area contributed by atoms with Crippen LogP contribution in [0.4, 0.5) is 0 Å². The number of benzene rings is 1. The molecule has 1 atom stereocenters. The van der Waals surface area contributed by atoms with Crippen molar-refractivity contribution in [2.45, 2.75) is 19.6 Å². The van der Waals surface area contributed by atoms with Crippen molar-refractivity contribution in [1.82, 2.24) is 5.32 Å². The average Bonchev–Trinajstić information content (AvgIpc) is 2.12. The molecule has 0 saturated heterocycles. The van der Waals surface area contributed by atoms with Gasteiger partial charge in [0.15, 0.2) is 0 Å². The Morgan fingerprint density at radius 3 is 2.67 bits per heavy atom. The molecule has 1 aromatic carbocycles. The van der Waals surface area contributed by atoms with E-state index < -0.39 is 0 Å². The van der Waals surface area contributed by atoms with Crippen molar-refractivity contribution in [2.24, 2.45) is 0 Å². The van der Waals surface area contributed by atoms with E-state index in [0.29, 0.717) is 18.8 Å². The molecule has 0 aliphatic carbocycles. The Morgan fingerprint density at radius 1 is 1.40 bits per heavy atom. The van der Waals surface area contributed by atoms with E-state index in [1.165, 1.54) is 0 Å². The average molecular weight is 433 g/mol. The van der Waals surface area contributed by atoms with Crippen LogP contribution < -0.4 is 5.32 Å². The highest BCUT2D eigenvalue weighted by molar-refractivity contribution is 14.1. The molecule has 1 unspecified atom stereocenters. The molecule has 0 heterocycles. The normalized spacial score (nSPS) is 12.8. The topological polar surface area (TPSA) is 52.5 Å². The minimum atomic E-state index is -0.367. The lowest BCUT2D eigenvalue weighted by Crippen LogP contribution is -2.23. The number of rotatable bonds is 4. The lowest BCUT2D eigenvalue weighted by Gasteiger charge is -2.10. The van der Waals surface area contributed by atoms with Crippen LogP contribution in [0.15, 0.2) is 12.1 Å². The maximum absolute atomic E-state index is 9.77. The van der Waals surface area contributed by atoms with Crippen LogP contribution in [0.5, 0.6) is 5.75 Å². The van der Waals surface area contributed by atoms with Gasteiger partial charge in [0.2, 0.25) is 0 Å². The summed E-state index contributed by atoms with van der Waals surface area (Å²) in [5.41, 5.74) is 0.868. The fourth-order valence-electron chi connectivity index (χ4n) is 1.17. The minimum Gasteiger partial charge on any atom is -0.507 e. The van der Waals surface area contributed by atoms with Gasteiger partial charge < -0.3 is 15.5 Å². The maximum atomic E-state index is 9.77. The summed E-state index contributed by atoms with van der Waals surface area (Å²) >= 11 is 4.33. The zero-order valence-electron chi connectivity index (χ0n) is 8.30. The van der Waals surface area contributed by atoms with E-state index in [0.717, 1.165) is 12.7 Å². The highest BCUT2D eigenvalue weighted by atomic mass is 127.